The van der Waals surface area contributed by atoms with Gasteiger partial charge in [0.1, 0.15) is 11.4 Å². The van der Waals surface area contributed by atoms with Crippen molar-refractivity contribution in [3.05, 3.63) is 53.0 Å². The lowest BCUT2D eigenvalue weighted by Gasteiger charge is -2.42. The SMILES string of the molecule is N[C@@H]1c2ccccc2CC12CCN(c1ncc(C#CC3CC3)nc1CO)CC2. The van der Waals surface area contributed by atoms with Gasteiger partial charge in [0.15, 0.2) is 5.82 Å². The zero-order chi connectivity index (χ0) is 19.1. The van der Waals surface area contributed by atoms with E-state index in [-0.39, 0.29) is 18.1 Å². The monoisotopic (exact) mass is 374 g/mol. The summed E-state index contributed by atoms with van der Waals surface area (Å²) in [6.07, 6.45) is 7.23. The normalized spacial score (nSPS) is 22.6. The molecule has 3 N–H and O–H groups in total. The summed E-state index contributed by atoms with van der Waals surface area (Å²) in [6, 6.07) is 8.69. The first-order valence-electron chi connectivity index (χ1n) is 10.3. The van der Waals surface area contributed by atoms with Crippen LogP contribution in [0, 0.1) is 23.2 Å². The van der Waals surface area contributed by atoms with Crippen molar-refractivity contribution < 1.29 is 5.11 Å². The van der Waals surface area contributed by atoms with Crippen LogP contribution < -0.4 is 10.6 Å². The molecule has 1 atom stereocenters. The third-order valence-electron chi connectivity index (χ3n) is 6.61. The summed E-state index contributed by atoms with van der Waals surface area (Å²) in [4.78, 5) is 11.4. The zero-order valence-electron chi connectivity index (χ0n) is 16.1. The average molecular weight is 374 g/mol. The van der Waals surface area contributed by atoms with E-state index in [2.05, 4.69) is 51.0 Å². The standard InChI is InChI=1S/C23H26N4O/c24-21-19-4-2-1-3-17(19)13-23(21)9-11-27(12-10-23)22-20(15-28)26-18(14-25-22)8-7-16-5-6-16/h1-4,14,16,21,28H,5-6,9-13,15,24H2/t21-/m1/s1. The molecule has 0 bridgehead atoms. The molecule has 2 heterocycles. The molecule has 5 heteroatoms. The van der Waals surface area contributed by atoms with Gasteiger partial charge in [-0.3, -0.25) is 0 Å². The Morgan fingerprint density at radius 3 is 2.71 bits per heavy atom. The van der Waals surface area contributed by atoms with Gasteiger partial charge in [-0.05, 0) is 54.6 Å². The number of hydrogen-bond acceptors (Lipinski definition) is 5. The first-order chi connectivity index (χ1) is 13.7. The van der Waals surface area contributed by atoms with Crippen molar-refractivity contribution >= 4 is 5.82 Å². The van der Waals surface area contributed by atoms with Crippen LogP contribution in [0.4, 0.5) is 5.82 Å². The molecule has 3 aliphatic rings. The van der Waals surface area contributed by atoms with Crippen molar-refractivity contribution in [1.82, 2.24) is 9.97 Å². The summed E-state index contributed by atoms with van der Waals surface area (Å²) in [6.45, 7) is 1.65. The van der Waals surface area contributed by atoms with Crippen LogP contribution in [0.3, 0.4) is 0 Å². The van der Waals surface area contributed by atoms with Crippen LogP contribution >= 0.6 is 0 Å². The number of hydrogen-bond donors (Lipinski definition) is 2. The van der Waals surface area contributed by atoms with Crippen LogP contribution in [0.15, 0.2) is 30.5 Å². The number of aliphatic hydroxyl groups excluding tert-OH is 1. The Bertz CT molecular complexity index is 949. The second kappa shape index (κ2) is 6.88. The number of nitrogens with two attached hydrogens (primary N) is 1. The van der Waals surface area contributed by atoms with E-state index in [9.17, 15) is 5.11 Å². The lowest BCUT2D eigenvalue weighted by atomic mass is 9.73. The Balaban J connectivity index is 1.33. The number of nitrogens with zero attached hydrogens (tertiary/aromatic N) is 3. The van der Waals surface area contributed by atoms with E-state index in [0.717, 1.165) is 38.2 Å². The third kappa shape index (κ3) is 3.07. The summed E-state index contributed by atoms with van der Waals surface area (Å²) in [5.41, 5.74) is 10.8. The van der Waals surface area contributed by atoms with Crippen LogP contribution in [0.2, 0.25) is 0 Å². The first-order valence-corrected chi connectivity index (χ1v) is 10.3. The van der Waals surface area contributed by atoms with E-state index in [1.807, 2.05) is 0 Å². The highest BCUT2D eigenvalue weighted by atomic mass is 16.3. The average Bonchev–Trinajstić information content (AvgIpc) is 3.53. The predicted molar refractivity (Wildman–Crippen MR) is 109 cm³/mol. The number of aliphatic hydroxyl groups is 1. The Morgan fingerprint density at radius 2 is 2.00 bits per heavy atom. The van der Waals surface area contributed by atoms with E-state index in [1.54, 1.807) is 6.20 Å². The van der Waals surface area contributed by atoms with Crippen LogP contribution in [-0.2, 0) is 13.0 Å². The van der Waals surface area contributed by atoms with E-state index >= 15 is 0 Å². The van der Waals surface area contributed by atoms with E-state index < -0.39 is 0 Å². The predicted octanol–water partition coefficient (Wildman–Crippen LogP) is 2.57. The number of anilines is 1. The minimum atomic E-state index is -0.117. The van der Waals surface area contributed by atoms with Crippen molar-refractivity contribution in [2.24, 2.45) is 17.1 Å². The molecule has 28 heavy (non-hydrogen) atoms. The summed E-state index contributed by atoms with van der Waals surface area (Å²) in [5, 5.41) is 9.83. The van der Waals surface area contributed by atoms with Crippen LogP contribution in [0.5, 0.6) is 0 Å². The van der Waals surface area contributed by atoms with Gasteiger partial charge in [0, 0.05) is 25.0 Å². The molecule has 2 aromatic rings. The smallest absolute Gasteiger partial charge is 0.152 e. The molecule has 1 saturated heterocycles. The molecular weight excluding hydrogens is 348 g/mol. The molecule has 1 spiro atoms. The Kier molecular flexibility index (Phi) is 4.34. The molecule has 2 fully saturated rings. The van der Waals surface area contributed by atoms with E-state index in [4.69, 9.17) is 5.73 Å². The molecule has 5 rings (SSSR count). The number of rotatable bonds is 2. The summed E-state index contributed by atoms with van der Waals surface area (Å²) in [7, 11) is 0. The van der Waals surface area contributed by atoms with Gasteiger partial charge in [0.05, 0.1) is 12.8 Å². The maximum atomic E-state index is 9.83. The molecule has 1 aliphatic heterocycles. The highest BCUT2D eigenvalue weighted by Gasteiger charge is 2.46. The second-order valence-electron chi connectivity index (χ2n) is 8.43. The number of aromatic nitrogens is 2. The maximum absolute atomic E-state index is 9.83. The lowest BCUT2D eigenvalue weighted by Crippen LogP contribution is -2.45. The minimum Gasteiger partial charge on any atom is -0.390 e. The maximum Gasteiger partial charge on any atom is 0.152 e. The molecule has 1 aromatic carbocycles. The van der Waals surface area contributed by atoms with Crippen molar-refractivity contribution in [3.8, 4) is 11.8 Å². The zero-order valence-corrected chi connectivity index (χ0v) is 16.1. The molecule has 1 saturated carbocycles. The highest BCUT2D eigenvalue weighted by Crippen LogP contribution is 2.50. The van der Waals surface area contributed by atoms with Gasteiger partial charge in [0.2, 0.25) is 0 Å². The largest absolute Gasteiger partial charge is 0.390 e. The first kappa shape index (κ1) is 17.7. The van der Waals surface area contributed by atoms with Crippen molar-refractivity contribution in [2.75, 3.05) is 18.0 Å². The minimum absolute atomic E-state index is 0.106. The van der Waals surface area contributed by atoms with Gasteiger partial charge in [0.25, 0.3) is 0 Å². The van der Waals surface area contributed by atoms with Crippen LogP contribution in [0.25, 0.3) is 0 Å². The van der Waals surface area contributed by atoms with Gasteiger partial charge in [-0.15, -0.1) is 0 Å². The van der Waals surface area contributed by atoms with Crippen molar-refractivity contribution in [3.63, 3.8) is 0 Å². The van der Waals surface area contributed by atoms with Crippen LogP contribution in [-0.4, -0.2) is 28.2 Å². The fourth-order valence-corrected chi connectivity index (χ4v) is 4.72. The topological polar surface area (TPSA) is 75.3 Å². The molecule has 5 nitrogen and oxygen atoms in total. The van der Waals surface area contributed by atoms with Crippen molar-refractivity contribution in [1.29, 1.82) is 0 Å². The molecule has 0 amide bonds. The quantitative estimate of drug-likeness (QED) is 0.791. The molecule has 1 aromatic heterocycles. The second-order valence-corrected chi connectivity index (χ2v) is 8.43. The summed E-state index contributed by atoms with van der Waals surface area (Å²) < 4.78 is 0. The third-order valence-corrected chi connectivity index (χ3v) is 6.61. The Labute approximate surface area is 166 Å². The lowest BCUT2D eigenvalue weighted by molar-refractivity contribution is 0.186. The number of fused-ring (bicyclic) bond motifs is 1. The molecule has 144 valence electrons. The van der Waals surface area contributed by atoms with E-state index in [0.29, 0.717) is 17.3 Å². The van der Waals surface area contributed by atoms with Crippen molar-refractivity contribution in [2.45, 2.75) is 44.8 Å². The van der Waals surface area contributed by atoms with Gasteiger partial charge >= 0.3 is 0 Å². The number of piperidine rings is 1. The van der Waals surface area contributed by atoms with Gasteiger partial charge in [-0.2, -0.15) is 0 Å². The molecule has 0 radical (unpaired) electrons. The number of benzene rings is 1. The summed E-state index contributed by atoms with van der Waals surface area (Å²) >= 11 is 0. The molecule has 0 unspecified atom stereocenters. The van der Waals surface area contributed by atoms with Gasteiger partial charge < -0.3 is 15.7 Å². The Hall–Kier alpha value is -2.42. The van der Waals surface area contributed by atoms with Gasteiger partial charge in [-0.25, -0.2) is 9.97 Å². The van der Waals surface area contributed by atoms with Gasteiger partial charge in [-0.1, -0.05) is 30.2 Å². The van der Waals surface area contributed by atoms with Crippen LogP contribution in [0.1, 0.15) is 54.2 Å². The fourth-order valence-electron chi connectivity index (χ4n) is 4.72. The molecule has 2 aliphatic carbocycles. The summed E-state index contributed by atoms with van der Waals surface area (Å²) in [5.74, 6) is 7.62. The molecular formula is C23H26N4O. The van der Waals surface area contributed by atoms with E-state index in [1.165, 1.54) is 24.0 Å². The highest BCUT2D eigenvalue weighted by molar-refractivity contribution is 5.47. The fraction of sp³-hybridized carbons (Fsp3) is 0.478. The Morgan fingerprint density at radius 1 is 1.21 bits per heavy atom.